The topological polar surface area (TPSA) is 387 Å². The van der Waals surface area contributed by atoms with E-state index in [2.05, 4.69) is 30.1 Å². The standard InChI is InChI=1S/C46H78IN7O16/c47-54-31(42(48)62)19-17-18-30-49-36(55)26-22-32(43(63)64)51-38(57)28-24-34(45(67)68)53-40(59)29-25-35(46(69)70)52-39(58)27-23-33(44(65)66)50-37(56)20-15-13-11-9-7-5-3-1-2-4-6-8-10-12-14-16-21-41(60)61/h31-35,54H,1-30H2,(H2,48,62)(H,49,55)(H,50,56)(H,51,57)(H,52,58)(H,53,59)(H,60,61)(H,63,64)(H,65,66)(H,67,68)(H,69,70)/t31-,32-,33-,34-,35-/m0/s1. The number of unbranched alkanes of at least 4 members (excludes halogenated alkanes) is 16. The van der Waals surface area contributed by atoms with Crippen molar-refractivity contribution in [2.24, 2.45) is 5.73 Å². The molecule has 23 nitrogen and oxygen atoms in total. The number of carbonyl (C=O) groups excluding carboxylic acids is 6. The van der Waals surface area contributed by atoms with Crippen molar-refractivity contribution in [3.05, 3.63) is 0 Å². The van der Waals surface area contributed by atoms with Gasteiger partial charge in [-0.2, -0.15) is 0 Å². The Hall–Kier alpha value is -5.14. The van der Waals surface area contributed by atoms with Gasteiger partial charge in [-0.25, -0.2) is 22.7 Å². The molecule has 0 bridgehead atoms. The monoisotopic (exact) mass is 1110 g/mol. The average molecular weight is 1110 g/mol. The van der Waals surface area contributed by atoms with Crippen molar-refractivity contribution in [3.63, 3.8) is 0 Å². The number of carbonyl (C=O) groups is 11. The Morgan fingerprint density at radius 1 is 0.343 bits per heavy atom. The van der Waals surface area contributed by atoms with Crippen LogP contribution in [0.15, 0.2) is 0 Å². The lowest BCUT2D eigenvalue weighted by Gasteiger charge is -2.18. The highest BCUT2D eigenvalue weighted by atomic mass is 127. The summed E-state index contributed by atoms with van der Waals surface area (Å²) < 4.78 is 2.75. The lowest BCUT2D eigenvalue weighted by atomic mass is 10.0. The van der Waals surface area contributed by atoms with Crippen LogP contribution in [0.3, 0.4) is 0 Å². The molecule has 0 saturated heterocycles. The molecule has 0 aliphatic heterocycles. The Balaban J connectivity index is 4.52. The Morgan fingerprint density at radius 3 is 0.914 bits per heavy atom. The number of carboxylic acid groups (broad SMARTS) is 5. The number of halogens is 1. The van der Waals surface area contributed by atoms with Gasteiger partial charge in [-0.15, -0.1) is 0 Å². The number of hydrogen-bond donors (Lipinski definition) is 12. The molecule has 0 aliphatic rings. The van der Waals surface area contributed by atoms with Gasteiger partial charge < -0.3 is 57.9 Å². The number of nitrogens with one attached hydrogen (secondary N) is 6. The van der Waals surface area contributed by atoms with E-state index in [0.29, 0.717) is 25.7 Å². The molecule has 0 saturated carbocycles. The summed E-state index contributed by atoms with van der Waals surface area (Å²) in [5.41, 5.74) is 5.26. The molecular formula is C46H78IN7O16. The molecule has 0 aromatic rings. The lowest BCUT2D eigenvalue weighted by molar-refractivity contribution is -0.144. The first-order valence-electron chi connectivity index (χ1n) is 24.5. The first kappa shape index (κ1) is 64.9. The molecule has 6 amide bonds. The molecule has 0 rings (SSSR count). The highest BCUT2D eigenvalue weighted by Crippen LogP contribution is 2.15. The van der Waals surface area contributed by atoms with Gasteiger partial charge in [0.2, 0.25) is 35.4 Å². The third-order valence-corrected chi connectivity index (χ3v) is 12.2. The highest BCUT2D eigenvalue weighted by Gasteiger charge is 2.27. The van der Waals surface area contributed by atoms with Crippen LogP contribution in [0.2, 0.25) is 0 Å². The second-order valence-corrected chi connectivity index (χ2v) is 18.1. The third-order valence-electron chi connectivity index (χ3n) is 11.4. The summed E-state index contributed by atoms with van der Waals surface area (Å²) in [6.45, 7) is 0.259. The fourth-order valence-electron chi connectivity index (χ4n) is 7.27. The van der Waals surface area contributed by atoms with E-state index in [-0.39, 0.29) is 38.6 Å². The number of carboxylic acids is 5. The SMILES string of the molecule is NC(=O)[C@H](CCCCNC(=O)CC[C@H](NC(=O)CC[C@H](NC(=O)CC[C@H](NC(=O)CC[C@H](NC(=O)CCCCCCCCCCCCCCCCCCC(=O)O)C(=O)O)C(=O)O)C(=O)O)C(=O)O)NI. The minimum atomic E-state index is -1.63. The van der Waals surface area contributed by atoms with Crippen molar-refractivity contribution in [1.29, 1.82) is 0 Å². The summed E-state index contributed by atoms with van der Waals surface area (Å²) in [5.74, 6) is -10.8. The minimum Gasteiger partial charge on any atom is -0.481 e. The van der Waals surface area contributed by atoms with Gasteiger partial charge in [0.25, 0.3) is 0 Å². The van der Waals surface area contributed by atoms with Gasteiger partial charge in [0.1, 0.15) is 24.2 Å². The summed E-state index contributed by atoms with van der Waals surface area (Å²) in [7, 11) is 0. The van der Waals surface area contributed by atoms with E-state index in [4.69, 9.17) is 10.8 Å². The molecular weight excluding hydrogens is 1030 g/mol. The van der Waals surface area contributed by atoms with Crippen molar-refractivity contribution in [3.8, 4) is 0 Å². The molecule has 0 aromatic heterocycles. The van der Waals surface area contributed by atoms with Crippen LogP contribution in [0, 0.1) is 0 Å². The number of rotatable bonds is 46. The van der Waals surface area contributed by atoms with E-state index in [0.717, 1.165) is 57.8 Å². The normalized spacial score (nSPS) is 13.1. The maximum absolute atomic E-state index is 12.6. The van der Waals surface area contributed by atoms with E-state index in [1.165, 1.54) is 38.5 Å². The van der Waals surface area contributed by atoms with E-state index in [1.54, 1.807) is 0 Å². The number of aliphatic carboxylic acids is 5. The summed E-state index contributed by atoms with van der Waals surface area (Å²) in [6, 6.07) is -6.65. The molecule has 0 spiro atoms. The van der Waals surface area contributed by atoms with Crippen molar-refractivity contribution < 1.29 is 78.3 Å². The molecule has 0 heterocycles. The largest absolute Gasteiger partial charge is 0.481 e. The van der Waals surface area contributed by atoms with Crippen LogP contribution in [0.5, 0.6) is 0 Å². The summed E-state index contributed by atoms with van der Waals surface area (Å²) in [4.78, 5) is 131. The molecule has 400 valence electrons. The molecule has 24 heteroatoms. The fourth-order valence-corrected chi connectivity index (χ4v) is 7.89. The Morgan fingerprint density at radius 2 is 0.629 bits per heavy atom. The molecule has 0 unspecified atom stereocenters. The van der Waals surface area contributed by atoms with Crippen molar-refractivity contribution >= 4 is 88.2 Å². The summed E-state index contributed by atoms with van der Waals surface area (Å²) >= 11 is 1.82. The van der Waals surface area contributed by atoms with Gasteiger partial charge in [0, 0.05) is 67.9 Å². The summed E-state index contributed by atoms with van der Waals surface area (Å²) in [6.07, 6.45) is 15.3. The molecule has 0 radical (unpaired) electrons. The van der Waals surface area contributed by atoms with Crippen LogP contribution >= 0.6 is 22.9 Å². The number of nitrogens with two attached hydrogens (primary N) is 1. The Labute approximate surface area is 423 Å². The molecule has 0 aliphatic carbocycles. The smallest absolute Gasteiger partial charge is 0.326 e. The lowest BCUT2D eigenvalue weighted by Crippen LogP contribution is -2.45. The zero-order valence-electron chi connectivity index (χ0n) is 40.3. The van der Waals surface area contributed by atoms with Crippen LogP contribution < -0.4 is 35.8 Å². The van der Waals surface area contributed by atoms with Gasteiger partial charge >= 0.3 is 29.8 Å². The predicted octanol–water partition coefficient (Wildman–Crippen LogP) is 3.57. The summed E-state index contributed by atoms with van der Waals surface area (Å²) in [5, 5.41) is 58.7. The fraction of sp³-hybridized carbons (Fsp3) is 0.761. The van der Waals surface area contributed by atoms with Crippen LogP contribution in [-0.2, 0) is 52.7 Å². The van der Waals surface area contributed by atoms with Gasteiger partial charge in [0.15, 0.2) is 0 Å². The van der Waals surface area contributed by atoms with Gasteiger partial charge in [-0.1, -0.05) is 89.9 Å². The number of hydrogen-bond acceptors (Lipinski definition) is 12. The molecule has 0 aromatic carbocycles. The second-order valence-electron chi connectivity index (χ2n) is 17.4. The minimum absolute atomic E-state index is 0.104. The second kappa shape index (κ2) is 40.6. The van der Waals surface area contributed by atoms with Crippen LogP contribution in [0.4, 0.5) is 0 Å². The van der Waals surface area contributed by atoms with Gasteiger partial charge in [-0.05, 0) is 57.8 Å². The zero-order chi connectivity index (χ0) is 52.7. The van der Waals surface area contributed by atoms with Gasteiger partial charge in [-0.3, -0.25) is 33.6 Å². The predicted molar refractivity (Wildman–Crippen MR) is 263 cm³/mol. The first-order valence-corrected chi connectivity index (χ1v) is 25.6. The maximum atomic E-state index is 12.6. The van der Waals surface area contributed by atoms with E-state index in [9.17, 15) is 73.2 Å². The first-order chi connectivity index (χ1) is 33.3. The molecule has 13 N–H and O–H groups in total. The average Bonchev–Trinajstić information content (AvgIpc) is 3.29. The van der Waals surface area contributed by atoms with Crippen LogP contribution in [0.1, 0.15) is 186 Å². The number of amides is 6. The van der Waals surface area contributed by atoms with Gasteiger partial charge in [0.05, 0.1) is 6.04 Å². The van der Waals surface area contributed by atoms with E-state index < -0.39 is 128 Å². The van der Waals surface area contributed by atoms with Crippen molar-refractivity contribution in [2.45, 2.75) is 216 Å². The van der Waals surface area contributed by atoms with Crippen LogP contribution in [0.25, 0.3) is 0 Å². The Kier molecular flexibility index (Phi) is 37.6. The quantitative estimate of drug-likeness (QED) is 0.0235. The highest BCUT2D eigenvalue weighted by molar-refractivity contribution is 14.1. The van der Waals surface area contributed by atoms with Crippen molar-refractivity contribution in [2.75, 3.05) is 6.54 Å². The maximum Gasteiger partial charge on any atom is 0.326 e. The Bertz CT molecular complexity index is 1650. The van der Waals surface area contributed by atoms with Crippen LogP contribution in [-0.4, -0.2) is 128 Å². The van der Waals surface area contributed by atoms with E-state index in [1.807, 2.05) is 22.9 Å². The zero-order valence-corrected chi connectivity index (χ0v) is 42.4. The number of primary amides is 1. The molecule has 70 heavy (non-hydrogen) atoms. The third kappa shape index (κ3) is 35.9. The van der Waals surface area contributed by atoms with E-state index >= 15 is 0 Å². The molecule has 5 atom stereocenters. The van der Waals surface area contributed by atoms with Crippen molar-refractivity contribution in [1.82, 2.24) is 30.1 Å². The molecule has 0 fully saturated rings.